The van der Waals surface area contributed by atoms with Crippen molar-refractivity contribution in [2.24, 2.45) is 5.41 Å². The van der Waals surface area contributed by atoms with E-state index >= 15 is 0 Å². The summed E-state index contributed by atoms with van der Waals surface area (Å²) in [7, 11) is 0. The van der Waals surface area contributed by atoms with E-state index in [2.05, 4.69) is 19.2 Å². The Morgan fingerprint density at radius 2 is 2.19 bits per heavy atom. The first-order chi connectivity index (χ1) is 7.75. The number of ether oxygens (including phenoxy) is 1. The normalized spacial score (nSPS) is 25.6. The van der Waals surface area contributed by atoms with Crippen LogP contribution in [0.1, 0.15) is 46.0 Å². The maximum Gasteiger partial charge on any atom is 0.165 e. The van der Waals surface area contributed by atoms with Gasteiger partial charge in [0.15, 0.2) is 5.78 Å². The monoisotopic (exact) mass is 227 g/mol. The molecule has 1 unspecified atom stereocenters. The maximum atomic E-state index is 12.2. The van der Waals surface area contributed by atoms with E-state index in [1.54, 1.807) is 0 Å². The highest BCUT2D eigenvalue weighted by atomic mass is 16.5. The molecule has 0 aromatic heterocycles. The first-order valence-corrected chi connectivity index (χ1v) is 6.57. The summed E-state index contributed by atoms with van der Waals surface area (Å²) in [5.41, 5.74) is -0.138. The van der Waals surface area contributed by atoms with Crippen LogP contribution in [-0.4, -0.2) is 32.1 Å². The number of carbonyl (C=O) groups excluding carboxylic acids is 1. The SMILES string of the molecule is CCCOCC(=O)C1(CCC)CCCNC1. The first kappa shape index (κ1) is 13.7. The van der Waals surface area contributed by atoms with Crippen LogP contribution in [0, 0.1) is 5.41 Å². The van der Waals surface area contributed by atoms with Gasteiger partial charge in [-0.1, -0.05) is 20.3 Å². The van der Waals surface area contributed by atoms with Gasteiger partial charge in [0, 0.05) is 18.6 Å². The number of piperidine rings is 1. The molecule has 0 aromatic rings. The molecule has 0 radical (unpaired) electrons. The van der Waals surface area contributed by atoms with Gasteiger partial charge in [0.1, 0.15) is 6.61 Å². The Hall–Kier alpha value is -0.410. The zero-order chi connectivity index (χ0) is 11.9. The van der Waals surface area contributed by atoms with Crippen LogP contribution in [0.4, 0.5) is 0 Å². The molecule has 1 aliphatic rings. The summed E-state index contributed by atoms with van der Waals surface area (Å²) in [6.07, 6.45) is 5.18. The van der Waals surface area contributed by atoms with Crippen LogP contribution in [0.25, 0.3) is 0 Å². The highest BCUT2D eigenvalue weighted by Gasteiger charge is 2.37. The second kappa shape index (κ2) is 7.02. The van der Waals surface area contributed by atoms with E-state index < -0.39 is 0 Å². The van der Waals surface area contributed by atoms with Crippen molar-refractivity contribution in [2.45, 2.75) is 46.0 Å². The Morgan fingerprint density at radius 3 is 2.75 bits per heavy atom. The van der Waals surface area contributed by atoms with Crippen molar-refractivity contribution < 1.29 is 9.53 Å². The van der Waals surface area contributed by atoms with E-state index in [-0.39, 0.29) is 5.41 Å². The van der Waals surface area contributed by atoms with Crippen LogP contribution in [0.3, 0.4) is 0 Å². The molecule has 0 spiro atoms. The summed E-state index contributed by atoms with van der Waals surface area (Å²) < 4.78 is 5.39. The van der Waals surface area contributed by atoms with Crippen LogP contribution in [0.5, 0.6) is 0 Å². The van der Waals surface area contributed by atoms with E-state index in [0.29, 0.717) is 19.0 Å². The third kappa shape index (κ3) is 3.56. The van der Waals surface area contributed by atoms with Crippen LogP contribution in [0.15, 0.2) is 0 Å². The molecule has 0 aromatic carbocycles. The largest absolute Gasteiger partial charge is 0.374 e. The molecule has 0 aliphatic carbocycles. The van der Waals surface area contributed by atoms with Gasteiger partial charge in [0.05, 0.1) is 0 Å². The Bertz CT molecular complexity index is 204. The highest BCUT2D eigenvalue weighted by Crippen LogP contribution is 2.32. The van der Waals surface area contributed by atoms with Crippen LogP contribution in [-0.2, 0) is 9.53 Å². The lowest BCUT2D eigenvalue weighted by molar-refractivity contribution is -0.135. The first-order valence-electron chi connectivity index (χ1n) is 6.57. The molecular formula is C13H25NO2. The lowest BCUT2D eigenvalue weighted by atomic mass is 9.74. The van der Waals surface area contributed by atoms with Gasteiger partial charge < -0.3 is 10.1 Å². The fourth-order valence-corrected chi connectivity index (χ4v) is 2.50. The van der Waals surface area contributed by atoms with Gasteiger partial charge in [0.25, 0.3) is 0 Å². The van der Waals surface area contributed by atoms with Crippen molar-refractivity contribution >= 4 is 5.78 Å². The molecule has 3 heteroatoms. The smallest absolute Gasteiger partial charge is 0.165 e. The summed E-state index contributed by atoms with van der Waals surface area (Å²) in [6, 6.07) is 0. The molecule has 1 N–H and O–H groups in total. The fraction of sp³-hybridized carbons (Fsp3) is 0.923. The Labute approximate surface area is 98.9 Å². The Kier molecular flexibility index (Phi) is 5.99. The predicted octanol–water partition coefficient (Wildman–Crippen LogP) is 2.15. The topological polar surface area (TPSA) is 38.3 Å². The summed E-state index contributed by atoms with van der Waals surface area (Å²) in [5, 5.41) is 3.36. The van der Waals surface area contributed by atoms with Crippen molar-refractivity contribution in [3.8, 4) is 0 Å². The number of carbonyl (C=O) groups is 1. The molecule has 94 valence electrons. The van der Waals surface area contributed by atoms with Gasteiger partial charge in [-0.25, -0.2) is 0 Å². The summed E-state index contributed by atoms with van der Waals surface area (Å²) in [4.78, 5) is 12.2. The number of Topliss-reactive ketones (excluding diaryl/α,β-unsaturated/α-hetero) is 1. The van der Waals surface area contributed by atoms with Gasteiger partial charge in [-0.2, -0.15) is 0 Å². The zero-order valence-electron chi connectivity index (χ0n) is 10.7. The van der Waals surface area contributed by atoms with Gasteiger partial charge in [-0.15, -0.1) is 0 Å². The van der Waals surface area contributed by atoms with Crippen LogP contribution in [0.2, 0.25) is 0 Å². The minimum absolute atomic E-state index is 0.138. The Morgan fingerprint density at radius 1 is 1.38 bits per heavy atom. The maximum absolute atomic E-state index is 12.2. The molecule has 1 fully saturated rings. The predicted molar refractivity (Wildman–Crippen MR) is 65.6 cm³/mol. The highest BCUT2D eigenvalue weighted by molar-refractivity contribution is 5.86. The van der Waals surface area contributed by atoms with Crippen molar-refractivity contribution in [3.05, 3.63) is 0 Å². The zero-order valence-corrected chi connectivity index (χ0v) is 10.7. The van der Waals surface area contributed by atoms with E-state index in [9.17, 15) is 4.79 Å². The molecule has 1 heterocycles. The van der Waals surface area contributed by atoms with Crippen molar-refractivity contribution in [2.75, 3.05) is 26.3 Å². The molecule has 1 atom stereocenters. The molecule has 0 bridgehead atoms. The summed E-state index contributed by atoms with van der Waals surface area (Å²) in [5.74, 6) is 0.301. The molecule has 1 saturated heterocycles. The number of nitrogens with one attached hydrogen (secondary N) is 1. The second-order valence-corrected chi connectivity index (χ2v) is 4.79. The molecule has 1 rings (SSSR count). The number of ketones is 1. The van der Waals surface area contributed by atoms with E-state index in [1.807, 2.05) is 0 Å². The summed E-state index contributed by atoms with van der Waals surface area (Å²) >= 11 is 0. The minimum atomic E-state index is -0.138. The molecule has 1 aliphatic heterocycles. The quantitative estimate of drug-likeness (QED) is 0.677. The lowest BCUT2D eigenvalue weighted by Gasteiger charge is -2.36. The summed E-state index contributed by atoms with van der Waals surface area (Å²) in [6.45, 7) is 7.10. The lowest BCUT2D eigenvalue weighted by Crippen LogP contribution is -2.46. The molecule has 0 amide bonds. The van der Waals surface area contributed by atoms with E-state index in [4.69, 9.17) is 4.74 Å². The number of rotatable bonds is 7. The molecule has 0 saturated carbocycles. The van der Waals surface area contributed by atoms with E-state index in [1.165, 1.54) is 0 Å². The Balaban J connectivity index is 2.50. The molecule has 3 nitrogen and oxygen atoms in total. The standard InChI is InChI=1S/C13H25NO2/c1-3-6-13(7-5-8-14-11-13)12(15)10-16-9-4-2/h14H,3-11H2,1-2H3. The second-order valence-electron chi connectivity index (χ2n) is 4.79. The van der Waals surface area contributed by atoms with Gasteiger partial charge in [-0.3, -0.25) is 4.79 Å². The van der Waals surface area contributed by atoms with Gasteiger partial charge >= 0.3 is 0 Å². The van der Waals surface area contributed by atoms with Crippen molar-refractivity contribution in [3.63, 3.8) is 0 Å². The van der Waals surface area contributed by atoms with Gasteiger partial charge in [-0.05, 0) is 32.2 Å². The average molecular weight is 227 g/mol. The van der Waals surface area contributed by atoms with Gasteiger partial charge in [0.2, 0.25) is 0 Å². The van der Waals surface area contributed by atoms with Crippen LogP contribution < -0.4 is 5.32 Å². The van der Waals surface area contributed by atoms with Crippen molar-refractivity contribution in [1.29, 1.82) is 0 Å². The minimum Gasteiger partial charge on any atom is -0.374 e. The fourth-order valence-electron chi connectivity index (χ4n) is 2.50. The third-order valence-electron chi connectivity index (χ3n) is 3.37. The number of hydrogen-bond acceptors (Lipinski definition) is 3. The number of hydrogen-bond donors (Lipinski definition) is 1. The molecular weight excluding hydrogens is 202 g/mol. The molecule has 16 heavy (non-hydrogen) atoms. The average Bonchev–Trinajstić information content (AvgIpc) is 2.31. The van der Waals surface area contributed by atoms with Crippen molar-refractivity contribution in [1.82, 2.24) is 5.32 Å². The van der Waals surface area contributed by atoms with E-state index in [0.717, 1.165) is 45.2 Å². The third-order valence-corrected chi connectivity index (χ3v) is 3.37. The van der Waals surface area contributed by atoms with Crippen LogP contribution >= 0.6 is 0 Å².